The standard InChI is InChI=1S/C24H26N4O3S2/c1-31-20-8-6-19(7-9-20)28(23(30)17-10-12-32-13-11-17)14-22(29)26-18-4-2-16(3-5-18)21-15-33-24(25)27-21/h2-9,15,17H,10-14H2,1H3,(H2,25,27)(H,26,29). The van der Waals surface area contributed by atoms with Crippen LogP contribution in [0, 0.1) is 5.92 Å². The highest BCUT2D eigenvalue weighted by Gasteiger charge is 2.28. The van der Waals surface area contributed by atoms with E-state index in [1.165, 1.54) is 11.3 Å². The summed E-state index contributed by atoms with van der Waals surface area (Å²) in [6.07, 6.45) is 1.67. The van der Waals surface area contributed by atoms with E-state index in [4.69, 9.17) is 10.5 Å². The predicted octanol–water partition coefficient (Wildman–Crippen LogP) is 4.52. The normalized spacial score (nSPS) is 14.0. The molecule has 172 valence electrons. The maximum Gasteiger partial charge on any atom is 0.244 e. The van der Waals surface area contributed by atoms with Crippen molar-refractivity contribution >= 4 is 51.4 Å². The van der Waals surface area contributed by atoms with Crippen molar-refractivity contribution in [1.82, 2.24) is 4.98 Å². The Kier molecular flexibility index (Phi) is 7.51. The Labute approximate surface area is 201 Å². The molecule has 0 atom stereocenters. The Morgan fingerprint density at radius 3 is 2.42 bits per heavy atom. The molecule has 0 radical (unpaired) electrons. The number of benzene rings is 2. The van der Waals surface area contributed by atoms with E-state index in [9.17, 15) is 9.59 Å². The lowest BCUT2D eigenvalue weighted by molar-refractivity contribution is -0.124. The zero-order chi connectivity index (χ0) is 23.2. The monoisotopic (exact) mass is 482 g/mol. The van der Waals surface area contributed by atoms with Crippen LogP contribution in [0.4, 0.5) is 16.5 Å². The maximum atomic E-state index is 13.3. The van der Waals surface area contributed by atoms with Gasteiger partial charge in [-0.05, 0) is 60.7 Å². The Morgan fingerprint density at radius 1 is 1.12 bits per heavy atom. The average molecular weight is 483 g/mol. The lowest BCUT2D eigenvalue weighted by Gasteiger charge is -2.29. The van der Waals surface area contributed by atoms with E-state index in [0.29, 0.717) is 22.3 Å². The molecule has 9 heteroatoms. The SMILES string of the molecule is COc1ccc(N(CC(=O)Nc2ccc(-c3csc(N)n3)cc2)C(=O)C2CCSCC2)cc1. The van der Waals surface area contributed by atoms with E-state index in [1.54, 1.807) is 24.1 Å². The molecule has 0 bridgehead atoms. The van der Waals surface area contributed by atoms with E-state index >= 15 is 0 Å². The number of carbonyl (C=O) groups excluding carboxylic acids is 2. The van der Waals surface area contributed by atoms with Crippen molar-refractivity contribution in [2.24, 2.45) is 5.92 Å². The summed E-state index contributed by atoms with van der Waals surface area (Å²) >= 11 is 3.25. The molecule has 0 unspecified atom stereocenters. The van der Waals surface area contributed by atoms with Gasteiger partial charge in [0.25, 0.3) is 0 Å². The zero-order valence-electron chi connectivity index (χ0n) is 18.3. The molecule has 3 aromatic rings. The van der Waals surface area contributed by atoms with Gasteiger partial charge in [-0.1, -0.05) is 12.1 Å². The first-order valence-electron chi connectivity index (χ1n) is 10.7. The van der Waals surface area contributed by atoms with Crippen LogP contribution in [-0.2, 0) is 9.59 Å². The molecule has 0 spiro atoms. The molecule has 3 N–H and O–H groups in total. The van der Waals surface area contributed by atoms with Gasteiger partial charge in [0.15, 0.2) is 5.13 Å². The summed E-state index contributed by atoms with van der Waals surface area (Å²) in [6, 6.07) is 14.6. The van der Waals surface area contributed by atoms with Crippen molar-refractivity contribution in [3.63, 3.8) is 0 Å². The molecule has 1 aliphatic rings. The number of aromatic nitrogens is 1. The van der Waals surface area contributed by atoms with Crippen LogP contribution < -0.4 is 20.7 Å². The first-order valence-corrected chi connectivity index (χ1v) is 12.7. The number of anilines is 3. The van der Waals surface area contributed by atoms with Gasteiger partial charge in [-0.25, -0.2) is 4.98 Å². The zero-order valence-corrected chi connectivity index (χ0v) is 20.0. The van der Waals surface area contributed by atoms with E-state index in [1.807, 2.05) is 53.5 Å². The fourth-order valence-electron chi connectivity index (χ4n) is 3.71. The minimum atomic E-state index is -0.255. The van der Waals surface area contributed by atoms with Crippen LogP contribution in [0.15, 0.2) is 53.9 Å². The molecule has 2 amide bonds. The number of nitrogen functional groups attached to an aromatic ring is 1. The van der Waals surface area contributed by atoms with Crippen molar-refractivity contribution in [2.45, 2.75) is 12.8 Å². The van der Waals surface area contributed by atoms with Crippen molar-refractivity contribution in [3.05, 3.63) is 53.9 Å². The van der Waals surface area contributed by atoms with Gasteiger partial charge in [-0.15, -0.1) is 11.3 Å². The Hall–Kier alpha value is -3.04. The van der Waals surface area contributed by atoms with E-state index in [2.05, 4.69) is 10.3 Å². The molecule has 4 rings (SSSR count). The number of carbonyl (C=O) groups is 2. The number of hydrogen-bond donors (Lipinski definition) is 2. The number of hydrogen-bond acceptors (Lipinski definition) is 7. The topological polar surface area (TPSA) is 97.6 Å². The largest absolute Gasteiger partial charge is 0.497 e. The van der Waals surface area contributed by atoms with Crippen LogP contribution in [0.25, 0.3) is 11.3 Å². The van der Waals surface area contributed by atoms with Crippen LogP contribution in [0.2, 0.25) is 0 Å². The number of amides is 2. The smallest absolute Gasteiger partial charge is 0.244 e. The highest BCUT2D eigenvalue weighted by Crippen LogP contribution is 2.28. The second-order valence-electron chi connectivity index (χ2n) is 7.71. The van der Waals surface area contributed by atoms with Gasteiger partial charge >= 0.3 is 0 Å². The fraction of sp³-hybridized carbons (Fsp3) is 0.292. The number of rotatable bonds is 7. The van der Waals surface area contributed by atoms with Gasteiger partial charge in [-0.3, -0.25) is 9.59 Å². The first kappa shape index (κ1) is 23.1. The molecular formula is C24H26N4O3S2. The van der Waals surface area contributed by atoms with E-state index < -0.39 is 0 Å². The minimum Gasteiger partial charge on any atom is -0.497 e. The van der Waals surface area contributed by atoms with Gasteiger partial charge in [-0.2, -0.15) is 11.8 Å². The van der Waals surface area contributed by atoms with Crippen LogP contribution >= 0.6 is 23.1 Å². The number of thioether (sulfide) groups is 1. The second-order valence-corrected chi connectivity index (χ2v) is 9.82. The maximum absolute atomic E-state index is 13.3. The number of methoxy groups -OCH3 is 1. The molecule has 1 aliphatic heterocycles. The van der Waals surface area contributed by atoms with Crippen LogP contribution in [0.1, 0.15) is 12.8 Å². The second kappa shape index (κ2) is 10.7. The number of nitrogens with zero attached hydrogens (tertiary/aromatic N) is 2. The molecule has 0 saturated carbocycles. The summed E-state index contributed by atoms with van der Waals surface area (Å²) in [5.74, 6) is 2.31. The molecular weight excluding hydrogens is 456 g/mol. The number of thiazole rings is 1. The molecule has 1 aromatic heterocycles. The Balaban J connectivity index is 1.47. The third-order valence-electron chi connectivity index (χ3n) is 5.51. The molecule has 33 heavy (non-hydrogen) atoms. The Bertz CT molecular complexity index is 1090. The van der Waals surface area contributed by atoms with E-state index in [0.717, 1.165) is 35.6 Å². The van der Waals surface area contributed by atoms with Crippen molar-refractivity contribution in [2.75, 3.05) is 41.1 Å². The minimum absolute atomic E-state index is 0.00733. The highest BCUT2D eigenvalue weighted by molar-refractivity contribution is 7.99. The van der Waals surface area contributed by atoms with Gasteiger partial charge in [0, 0.05) is 28.2 Å². The van der Waals surface area contributed by atoms with Gasteiger partial charge in [0.1, 0.15) is 12.3 Å². The highest BCUT2D eigenvalue weighted by atomic mass is 32.2. The number of nitrogens with one attached hydrogen (secondary N) is 1. The quantitative estimate of drug-likeness (QED) is 0.514. The summed E-state index contributed by atoms with van der Waals surface area (Å²) in [6.45, 7) is -0.0564. The Morgan fingerprint density at radius 2 is 1.82 bits per heavy atom. The average Bonchev–Trinajstić information content (AvgIpc) is 3.29. The molecule has 1 fully saturated rings. The summed E-state index contributed by atoms with van der Waals surface area (Å²) < 4.78 is 5.23. The number of nitrogens with two attached hydrogens (primary N) is 1. The van der Waals surface area contributed by atoms with Gasteiger partial charge in [0.05, 0.1) is 12.8 Å². The molecule has 0 aliphatic carbocycles. The summed E-state index contributed by atoms with van der Waals surface area (Å²) in [7, 11) is 1.60. The van der Waals surface area contributed by atoms with Crippen molar-refractivity contribution in [3.8, 4) is 17.0 Å². The molecule has 1 saturated heterocycles. The molecule has 2 heterocycles. The molecule has 7 nitrogen and oxygen atoms in total. The lowest BCUT2D eigenvalue weighted by Crippen LogP contribution is -2.42. The van der Waals surface area contributed by atoms with Crippen LogP contribution in [0.3, 0.4) is 0 Å². The van der Waals surface area contributed by atoms with Crippen molar-refractivity contribution < 1.29 is 14.3 Å². The summed E-state index contributed by atoms with van der Waals surface area (Å²) in [5.41, 5.74) is 8.78. The molecule has 2 aromatic carbocycles. The van der Waals surface area contributed by atoms with Crippen molar-refractivity contribution in [1.29, 1.82) is 0 Å². The lowest BCUT2D eigenvalue weighted by atomic mass is 10.0. The number of ether oxygens (including phenoxy) is 1. The third-order valence-corrected chi connectivity index (χ3v) is 7.23. The van der Waals surface area contributed by atoms with Gasteiger partial charge in [0.2, 0.25) is 11.8 Å². The summed E-state index contributed by atoms with van der Waals surface area (Å²) in [4.78, 5) is 32.1. The predicted molar refractivity (Wildman–Crippen MR) is 136 cm³/mol. The van der Waals surface area contributed by atoms with E-state index in [-0.39, 0.29) is 24.3 Å². The first-order chi connectivity index (χ1) is 16.0. The van der Waals surface area contributed by atoms with Gasteiger partial charge < -0.3 is 20.7 Å². The fourth-order valence-corrected chi connectivity index (χ4v) is 5.39. The van der Waals surface area contributed by atoms with Crippen LogP contribution in [0.5, 0.6) is 5.75 Å². The summed E-state index contributed by atoms with van der Waals surface area (Å²) in [5, 5.41) is 5.31. The third kappa shape index (κ3) is 5.85. The van der Waals surface area contributed by atoms with Crippen LogP contribution in [-0.4, -0.2) is 42.0 Å².